The number of imidazole rings is 1. The SMILES string of the molecule is CC(C)(C)OC(=O)NCCCCNCc1nc2ccccc2[nH]1. The van der Waals surface area contributed by atoms with E-state index in [-0.39, 0.29) is 6.09 Å². The van der Waals surface area contributed by atoms with E-state index in [0.29, 0.717) is 13.1 Å². The molecule has 0 aliphatic rings. The minimum Gasteiger partial charge on any atom is -0.444 e. The predicted octanol–water partition coefficient (Wildman–Crippen LogP) is 2.96. The van der Waals surface area contributed by atoms with E-state index in [4.69, 9.17) is 4.74 Å². The summed E-state index contributed by atoms with van der Waals surface area (Å²) in [7, 11) is 0. The normalized spacial score (nSPS) is 11.6. The molecule has 6 nitrogen and oxygen atoms in total. The van der Waals surface area contributed by atoms with Crippen molar-refractivity contribution < 1.29 is 9.53 Å². The number of carbonyl (C=O) groups is 1. The Balaban J connectivity index is 1.55. The molecule has 0 aliphatic carbocycles. The third kappa shape index (κ3) is 6.28. The van der Waals surface area contributed by atoms with Crippen molar-refractivity contribution in [3.05, 3.63) is 30.1 Å². The number of H-pyrrole nitrogens is 1. The van der Waals surface area contributed by atoms with Crippen LogP contribution in [0.3, 0.4) is 0 Å². The number of nitrogens with one attached hydrogen (secondary N) is 3. The van der Waals surface area contributed by atoms with Crippen LogP contribution in [-0.2, 0) is 11.3 Å². The number of hydrogen-bond donors (Lipinski definition) is 3. The van der Waals surface area contributed by atoms with E-state index in [9.17, 15) is 4.79 Å². The molecule has 0 aliphatic heterocycles. The molecule has 0 saturated heterocycles. The fourth-order valence-electron chi connectivity index (χ4n) is 2.18. The quantitative estimate of drug-likeness (QED) is 0.686. The van der Waals surface area contributed by atoms with Crippen LogP contribution in [0.5, 0.6) is 0 Å². The van der Waals surface area contributed by atoms with Gasteiger partial charge in [-0.3, -0.25) is 0 Å². The topological polar surface area (TPSA) is 79.0 Å². The molecule has 2 aromatic rings. The van der Waals surface area contributed by atoms with Gasteiger partial charge in [-0.1, -0.05) is 12.1 Å². The number of nitrogens with zero attached hydrogens (tertiary/aromatic N) is 1. The molecule has 126 valence electrons. The van der Waals surface area contributed by atoms with Gasteiger partial charge in [-0.05, 0) is 52.3 Å². The number of hydrogen-bond acceptors (Lipinski definition) is 4. The third-order valence-corrected chi connectivity index (χ3v) is 3.18. The third-order valence-electron chi connectivity index (χ3n) is 3.18. The minimum absolute atomic E-state index is 0.354. The summed E-state index contributed by atoms with van der Waals surface area (Å²) in [5.74, 6) is 0.943. The molecule has 23 heavy (non-hydrogen) atoms. The highest BCUT2D eigenvalue weighted by molar-refractivity contribution is 5.74. The van der Waals surface area contributed by atoms with Crippen molar-refractivity contribution in [3.8, 4) is 0 Å². The second-order valence-electron chi connectivity index (χ2n) is 6.51. The van der Waals surface area contributed by atoms with Crippen LogP contribution >= 0.6 is 0 Å². The highest BCUT2D eigenvalue weighted by Gasteiger charge is 2.15. The summed E-state index contributed by atoms with van der Waals surface area (Å²) in [6.45, 7) is 7.79. The molecule has 0 bridgehead atoms. The average Bonchev–Trinajstić information content (AvgIpc) is 2.87. The number of amides is 1. The van der Waals surface area contributed by atoms with Gasteiger partial charge >= 0.3 is 6.09 Å². The summed E-state index contributed by atoms with van der Waals surface area (Å²) in [6.07, 6.45) is 1.54. The number of benzene rings is 1. The molecule has 2 rings (SSSR count). The van der Waals surface area contributed by atoms with Gasteiger partial charge in [-0.2, -0.15) is 0 Å². The lowest BCUT2D eigenvalue weighted by atomic mass is 10.2. The Morgan fingerprint density at radius 2 is 1.96 bits per heavy atom. The zero-order chi connectivity index (χ0) is 16.7. The number of carbonyl (C=O) groups excluding carboxylic acids is 1. The molecule has 1 aromatic carbocycles. The summed E-state index contributed by atoms with van der Waals surface area (Å²) >= 11 is 0. The Morgan fingerprint density at radius 3 is 2.70 bits per heavy atom. The van der Waals surface area contributed by atoms with Gasteiger partial charge in [0.1, 0.15) is 11.4 Å². The molecule has 0 spiro atoms. The van der Waals surface area contributed by atoms with E-state index < -0.39 is 5.60 Å². The maximum absolute atomic E-state index is 11.5. The van der Waals surface area contributed by atoms with Crippen LogP contribution in [-0.4, -0.2) is 34.8 Å². The number of para-hydroxylation sites is 2. The molecule has 0 fully saturated rings. The summed E-state index contributed by atoms with van der Waals surface area (Å²) in [4.78, 5) is 19.3. The molecule has 6 heteroatoms. The lowest BCUT2D eigenvalue weighted by Gasteiger charge is -2.19. The smallest absolute Gasteiger partial charge is 0.407 e. The van der Waals surface area contributed by atoms with Crippen LogP contribution in [0.1, 0.15) is 39.4 Å². The number of ether oxygens (including phenoxy) is 1. The Kier molecular flexibility index (Phi) is 5.98. The van der Waals surface area contributed by atoms with Crippen LogP contribution in [0.2, 0.25) is 0 Å². The maximum atomic E-state index is 11.5. The first-order chi connectivity index (χ1) is 10.9. The van der Waals surface area contributed by atoms with Gasteiger partial charge < -0.3 is 20.4 Å². The van der Waals surface area contributed by atoms with E-state index in [1.54, 1.807) is 0 Å². The van der Waals surface area contributed by atoms with Gasteiger partial charge in [0, 0.05) is 6.54 Å². The van der Waals surface area contributed by atoms with Crippen LogP contribution in [0, 0.1) is 0 Å². The zero-order valence-electron chi connectivity index (χ0n) is 14.1. The van der Waals surface area contributed by atoms with Crippen molar-refractivity contribution in [1.29, 1.82) is 0 Å². The average molecular weight is 318 g/mol. The first-order valence-electron chi connectivity index (χ1n) is 8.05. The second-order valence-corrected chi connectivity index (χ2v) is 6.51. The highest BCUT2D eigenvalue weighted by atomic mass is 16.6. The summed E-state index contributed by atoms with van der Waals surface area (Å²) < 4.78 is 5.17. The van der Waals surface area contributed by atoms with Gasteiger partial charge in [0.05, 0.1) is 17.6 Å². The van der Waals surface area contributed by atoms with Gasteiger partial charge in [-0.25, -0.2) is 9.78 Å². The standard InChI is InChI=1S/C17H26N4O2/c1-17(2,3)23-16(22)19-11-7-6-10-18-12-15-20-13-8-4-5-9-14(13)21-15/h4-5,8-9,18H,6-7,10-12H2,1-3H3,(H,19,22)(H,20,21). The van der Waals surface area contributed by atoms with E-state index in [1.165, 1.54) is 0 Å². The molecule has 0 radical (unpaired) electrons. The Bertz CT molecular complexity index is 598. The minimum atomic E-state index is -0.446. The predicted molar refractivity (Wildman–Crippen MR) is 91.3 cm³/mol. The molecule has 0 atom stereocenters. The second kappa shape index (κ2) is 7.97. The fourth-order valence-corrected chi connectivity index (χ4v) is 2.18. The molecule has 1 heterocycles. The van der Waals surface area contributed by atoms with Gasteiger partial charge in [0.25, 0.3) is 0 Å². The van der Waals surface area contributed by atoms with E-state index in [1.807, 2.05) is 45.0 Å². The molecule has 1 aromatic heterocycles. The lowest BCUT2D eigenvalue weighted by Crippen LogP contribution is -2.33. The number of unbranched alkanes of at least 4 members (excludes halogenated alkanes) is 1. The van der Waals surface area contributed by atoms with Crippen LogP contribution in [0.25, 0.3) is 11.0 Å². The molecule has 0 unspecified atom stereocenters. The fraction of sp³-hybridized carbons (Fsp3) is 0.529. The van der Waals surface area contributed by atoms with Crippen LogP contribution in [0.4, 0.5) is 4.79 Å². The van der Waals surface area contributed by atoms with Crippen molar-refractivity contribution >= 4 is 17.1 Å². The van der Waals surface area contributed by atoms with Gasteiger partial charge in [0.15, 0.2) is 0 Å². The van der Waals surface area contributed by atoms with Gasteiger partial charge in [-0.15, -0.1) is 0 Å². The number of aromatic amines is 1. The molecule has 1 amide bonds. The van der Waals surface area contributed by atoms with Gasteiger partial charge in [0.2, 0.25) is 0 Å². The van der Waals surface area contributed by atoms with E-state index in [2.05, 4.69) is 20.6 Å². The first-order valence-corrected chi connectivity index (χ1v) is 8.05. The Hall–Kier alpha value is -2.08. The first kappa shape index (κ1) is 17.3. The number of fused-ring (bicyclic) bond motifs is 1. The molecule has 3 N–H and O–H groups in total. The summed E-state index contributed by atoms with van der Waals surface area (Å²) in [5, 5.41) is 6.11. The maximum Gasteiger partial charge on any atom is 0.407 e. The summed E-state index contributed by atoms with van der Waals surface area (Å²) in [5.41, 5.74) is 1.61. The Labute approximate surface area is 137 Å². The zero-order valence-corrected chi connectivity index (χ0v) is 14.1. The van der Waals surface area contributed by atoms with Crippen molar-refractivity contribution in [2.75, 3.05) is 13.1 Å². The Morgan fingerprint density at radius 1 is 1.22 bits per heavy atom. The van der Waals surface area contributed by atoms with E-state index in [0.717, 1.165) is 36.2 Å². The number of aromatic nitrogens is 2. The molecular formula is C17H26N4O2. The van der Waals surface area contributed by atoms with Crippen LogP contribution in [0.15, 0.2) is 24.3 Å². The number of alkyl carbamates (subject to hydrolysis) is 1. The monoisotopic (exact) mass is 318 g/mol. The van der Waals surface area contributed by atoms with Crippen molar-refractivity contribution in [3.63, 3.8) is 0 Å². The van der Waals surface area contributed by atoms with Crippen LogP contribution < -0.4 is 10.6 Å². The highest BCUT2D eigenvalue weighted by Crippen LogP contribution is 2.10. The summed E-state index contributed by atoms with van der Waals surface area (Å²) in [6, 6.07) is 8.00. The van der Waals surface area contributed by atoms with E-state index >= 15 is 0 Å². The molecular weight excluding hydrogens is 292 g/mol. The number of rotatable bonds is 7. The van der Waals surface area contributed by atoms with Crippen molar-refractivity contribution in [2.24, 2.45) is 0 Å². The largest absolute Gasteiger partial charge is 0.444 e. The van der Waals surface area contributed by atoms with Crippen molar-refractivity contribution in [2.45, 2.75) is 45.8 Å². The lowest BCUT2D eigenvalue weighted by molar-refractivity contribution is 0.0527. The molecule has 0 saturated carbocycles. The van der Waals surface area contributed by atoms with Crippen molar-refractivity contribution in [1.82, 2.24) is 20.6 Å².